The van der Waals surface area contributed by atoms with Crippen molar-refractivity contribution in [1.82, 2.24) is 9.47 Å². The Labute approximate surface area is 117 Å². The fraction of sp³-hybridized carbons (Fsp3) is 0.643. The Morgan fingerprint density at radius 3 is 2.75 bits per heavy atom. The van der Waals surface area contributed by atoms with Crippen LogP contribution in [0.5, 0.6) is 0 Å². The molecule has 1 saturated heterocycles. The van der Waals surface area contributed by atoms with Crippen LogP contribution in [-0.2, 0) is 0 Å². The van der Waals surface area contributed by atoms with Crippen molar-refractivity contribution in [3.63, 3.8) is 0 Å². The average molecular weight is 285 g/mol. The number of alkyl halides is 2. The van der Waals surface area contributed by atoms with Crippen LogP contribution in [0.1, 0.15) is 26.3 Å². The zero-order valence-electron chi connectivity index (χ0n) is 12.1. The maximum absolute atomic E-state index is 14.2. The highest BCUT2D eigenvalue weighted by molar-refractivity contribution is 5.41. The summed E-state index contributed by atoms with van der Waals surface area (Å²) in [4.78, 5) is 13.9. The predicted octanol–water partition coefficient (Wildman–Crippen LogP) is 2.18. The van der Waals surface area contributed by atoms with Gasteiger partial charge in [0.2, 0.25) is 0 Å². The Morgan fingerprint density at radius 1 is 1.45 bits per heavy atom. The summed E-state index contributed by atoms with van der Waals surface area (Å²) in [5.41, 5.74) is -0.00680. The van der Waals surface area contributed by atoms with Crippen LogP contribution in [0.25, 0.3) is 0 Å². The van der Waals surface area contributed by atoms with Crippen molar-refractivity contribution in [2.45, 2.75) is 38.3 Å². The molecule has 0 aromatic carbocycles. The molecule has 112 valence electrons. The van der Waals surface area contributed by atoms with Crippen molar-refractivity contribution < 1.29 is 8.78 Å². The van der Waals surface area contributed by atoms with Crippen molar-refractivity contribution in [3.05, 3.63) is 28.7 Å². The molecule has 0 radical (unpaired) electrons. The number of anilines is 1. The van der Waals surface area contributed by atoms with E-state index in [2.05, 4.69) is 5.32 Å². The van der Waals surface area contributed by atoms with Crippen molar-refractivity contribution in [3.8, 4) is 0 Å². The minimum Gasteiger partial charge on any atom is -0.378 e. The number of aromatic nitrogens is 1. The lowest BCUT2D eigenvalue weighted by Crippen LogP contribution is -2.49. The molecule has 0 bridgehead atoms. The number of likely N-dealkylation sites (tertiary alicyclic amines) is 1. The van der Waals surface area contributed by atoms with Crippen LogP contribution in [0.2, 0.25) is 0 Å². The van der Waals surface area contributed by atoms with Crippen LogP contribution in [0.15, 0.2) is 23.1 Å². The highest BCUT2D eigenvalue weighted by Crippen LogP contribution is 2.35. The monoisotopic (exact) mass is 285 g/mol. The summed E-state index contributed by atoms with van der Waals surface area (Å²) >= 11 is 0. The zero-order valence-corrected chi connectivity index (χ0v) is 12.1. The van der Waals surface area contributed by atoms with Crippen LogP contribution in [0, 0.1) is 0 Å². The average Bonchev–Trinajstić information content (AvgIpc) is 2.31. The van der Waals surface area contributed by atoms with Crippen molar-refractivity contribution in [2.75, 3.05) is 25.5 Å². The molecule has 1 atom stereocenters. The highest BCUT2D eigenvalue weighted by Gasteiger charge is 2.45. The van der Waals surface area contributed by atoms with E-state index in [0.29, 0.717) is 12.2 Å². The minimum atomic E-state index is -2.90. The summed E-state index contributed by atoms with van der Waals surface area (Å²) in [6, 6.07) is 2.28. The number of hydrogen-bond donors (Lipinski definition) is 1. The largest absolute Gasteiger partial charge is 0.378 e. The van der Waals surface area contributed by atoms with E-state index in [1.807, 2.05) is 13.8 Å². The second-order valence-corrected chi connectivity index (χ2v) is 5.74. The smallest absolute Gasteiger partial charge is 0.280 e. The van der Waals surface area contributed by atoms with E-state index in [0.717, 1.165) is 0 Å². The number of halogens is 2. The molecule has 1 aromatic rings. The van der Waals surface area contributed by atoms with Gasteiger partial charge in [0.05, 0.1) is 6.54 Å². The van der Waals surface area contributed by atoms with Gasteiger partial charge in [0.15, 0.2) is 0 Å². The lowest BCUT2D eigenvalue weighted by atomic mass is 10.0. The molecule has 0 aliphatic carbocycles. The molecule has 6 heteroatoms. The second kappa shape index (κ2) is 5.52. The molecule has 0 spiro atoms. The molecule has 1 aliphatic heterocycles. The molecule has 1 N–H and O–H groups in total. The lowest BCUT2D eigenvalue weighted by Gasteiger charge is -2.37. The summed E-state index contributed by atoms with van der Waals surface area (Å²) in [5.74, 6) is -2.90. The third-order valence-corrected chi connectivity index (χ3v) is 3.51. The highest BCUT2D eigenvalue weighted by atomic mass is 19.3. The predicted molar refractivity (Wildman–Crippen MR) is 75.6 cm³/mol. The Kier molecular flexibility index (Phi) is 4.13. The molecule has 1 unspecified atom stereocenters. The van der Waals surface area contributed by atoms with Gasteiger partial charge in [0.25, 0.3) is 11.5 Å². The van der Waals surface area contributed by atoms with Gasteiger partial charge in [-0.25, -0.2) is 8.78 Å². The Hall–Kier alpha value is -1.43. The number of pyridine rings is 1. The van der Waals surface area contributed by atoms with E-state index in [1.165, 1.54) is 10.8 Å². The third-order valence-electron chi connectivity index (χ3n) is 3.51. The van der Waals surface area contributed by atoms with Gasteiger partial charge in [0.1, 0.15) is 11.7 Å². The van der Waals surface area contributed by atoms with Crippen LogP contribution < -0.4 is 10.9 Å². The summed E-state index contributed by atoms with van der Waals surface area (Å²) in [6.45, 7) is 4.06. The second-order valence-electron chi connectivity index (χ2n) is 5.74. The maximum Gasteiger partial charge on any atom is 0.280 e. The molecular formula is C14H21F2N3O. The molecule has 4 nitrogen and oxygen atoms in total. The zero-order chi connectivity index (χ0) is 14.9. The van der Waals surface area contributed by atoms with Gasteiger partial charge >= 0.3 is 0 Å². The van der Waals surface area contributed by atoms with E-state index in [1.54, 1.807) is 24.1 Å². The molecule has 20 heavy (non-hydrogen) atoms. The van der Waals surface area contributed by atoms with Gasteiger partial charge in [-0.15, -0.1) is 0 Å². The quantitative estimate of drug-likeness (QED) is 0.925. The van der Waals surface area contributed by atoms with E-state index in [-0.39, 0.29) is 24.6 Å². The van der Waals surface area contributed by atoms with E-state index >= 15 is 0 Å². The molecule has 0 saturated carbocycles. The van der Waals surface area contributed by atoms with Crippen LogP contribution in [0.3, 0.4) is 0 Å². The number of nitrogens with one attached hydrogen (secondary N) is 1. The van der Waals surface area contributed by atoms with Gasteiger partial charge in [-0.1, -0.05) is 0 Å². The Balaban J connectivity index is 2.35. The first-order chi connectivity index (χ1) is 9.31. The molecule has 1 fully saturated rings. The maximum atomic E-state index is 14.2. The minimum absolute atomic E-state index is 0.0801. The molecule has 2 heterocycles. The first kappa shape index (κ1) is 15.0. The van der Waals surface area contributed by atoms with Crippen LogP contribution in [-0.4, -0.2) is 41.6 Å². The van der Waals surface area contributed by atoms with Crippen LogP contribution >= 0.6 is 0 Å². The van der Waals surface area contributed by atoms with Crippen molar-refractivity contribution >= 4 is 5.69 Å². The Morgan fingerprint density at radius 2 is 2.15 bits per heavy atom. The molecular weight excluding hydrogens is 264 g/mol. The van der Waals surface area contributed by atoms with Crippen molar-refractivity contribution in [2.24, 2.45) is 0 Å². The summed E-state index contributed by atoms with van der Waals surface area (Å²) in [6.07, 6.45) is 1.73. The summed E-state index contributed by atoms with van der Waals surface area (Å²) in [7, 11) is 1.67. The van der Waals surface area contributed by atoms with E-state index in [4.69, 9.17) is 0 Å². The van der Waals surface area contributed by atoms with Gasteiger partial charge in [-0.05, 0) is 39.4 Å². The first-order valence-electron chi connectivity index (χ1n) is 6.85. The van der Waals surface area contributed by atoms with Gasteiger partial charge in [-0.2, -0.15) is 0 Å². The first-order valence-corrected chi connectivity index (χ1v) is 6.85. The molecule has 1 aromatic heterocycles. The third kappa shape index (κ3) is 3.00. The molecule has 0 amide bonds. The van der Waals surface area contributed by atoms with Gasteiger partial charge < -0.3 is 14.8 Å². The normalized spacial score (nSPS) is 23.0. The van der Waals surface area contributed by atoms with Gasteiger partial charge in [0, 0.05) is 18.8 Å². The fourth-order valence-electron chi connectivity index (χ4n) is 2.62. The lowest BCUT2D eigenvalue weighted by molar-refractivity contribution is -0.0988. The fourth-order valence-corrected chi connectivity index (χ4v) is 2.62. The van der Waals surface area contributed by atoms with E-state index in [9.17, 15) is 13.6 Å². The molecule has 1 aliphatic rings. The molecule has 2 rings (SSSR count). The van der Waals surface area contributed by atoms with E-state index < -0.39 is 12.0 Å². The standard InChI is InChI=1S/C14H21F2N3O/c1-10(2)17-11-5-4-7-19(13(11)20)12-6-8-18(3)9-14(12,15)16/h4-5,7,10,12,17H,6,8-9H2,1-3H3. The topological polar surface area (TPSA) is 37.3 Å². The SMILES string of the molecule is CC(C)Nc1cccn(C2CCN(C)CC2(F)F)c1=O. The van der Waals surface area contributed by atoms with Crippen LogP contribution in [0.4, 0.5) is 14.5 Å². The van der Waals surface area contributed by atoms with Crippen molar-refractivity contribution in [1.29, 1.82) is 0 Å². The number of nitrogens with zero attached hydrogens (tertiary/aromatic N) is 2. The Bertz CT molecular complexity index is 527. The summed E-state index contributed by atoms with van der Waals surface area (Å²) in [5, 5.41) is 3.00. The summed E-state index contributed by atoms with van der Waals surface area (Å²) < 4.78 is 29.5. The number of piperidine rings is 1. The number of rotatable bonds is 3. The number of hydrogen-bond acceptors (Lipinski definition) is 3. The van der Waals surface area contributed by atoms with Gasteiger partial charge in [-0.3, -0.25) is 4.79 Å².